The number of aromatic nitrogens is 2. The lowest BCUT2D eigenvalue weighted by Crippen LogP contribution is -2.22. The number of aliphatic hydroxyl groups is 1. The van der Waals surface area contributed by atoms with Crippen LogP contribution >= 0.6 is 0 Å². The molecule has 1 aliphatic heterocycles. The topological polar surface area (TPSA) is 62.4 Å². The molecule has 0 bridgehead atoms. The number of likely N-dealkylation sites (tertiary alicyclic amines) is 1. The predicted octanol–water partition coefficient (Wildman–Crippen LogP) is 1.54. The predicted molar refractivity (Wildman–Crippen MR) is 74.2 cm³/mol. The van der Waals surface area contributed by atoms with Gasteiger partial charge >= 0.3 is 0 Å². The van der Waals surface area contributed by atoms with Gasteiger partial charge < -0.3 is 9.63 Å². The smallest absolute Gasteiger partial charge is 0.231 e. The fourth-order valence-corrected chi connectivity index (χ4v) is 2.55. The lowest BCUT2D eigenvalue weighted by molar-refractivity contribution is 0.173. The first-order chi connectivity index (χ1) is 9.70. The van der Waals surface area contributed by atoms with Gasteiger partial charge in [-0.1, -0.05) is 29.4 Å². The molecule has 0 spiro atoms. The third-order valence-corrected chi connectivity index (χ3v) is 3.73. The zero-order valence-corrected chi connectivity index (χ0v) is 11.6. The summed E-state index contributed by atoms with van der Waals surface area (Å²) in [6.45, 7) is 4.32. The van der Waals surface area contributed by atoms with Gasteiger partial charge in [-0.25, -0.2) is 0 Å². The normalized spacial score (nSPS) is 19.6. The Morgan fingerprint density at radius 1 is 1.40 bits per heavy atom. The quantitative estimate of drug-likeness (QED) is 0.915. The monoisotopic (exact) mass is 273 g/mol. The minimum absolute atomic E-state index is 0.215. The van der Waals surface area contributed by atoms with E-state index in [0.717, 1.165) is 13.0 Å². The molecule has 1 aromatic carbocycles. The van der Waals surface area contributed by atoms with Crippen LogP contribution in [0.15, 0.2) is 28.8 Å². The molecule has 2 aromatic rings. The molecule has 20 heavy (non-hydrogen) atoms. The zero-order valence-electron chi connectivity index (χ0n) is 11.6. The molecule has 0 radical (unpaired) electrons. The summed E-state index contributed by atoms with van der Waals surface area (Å²) < 4.78 is 5.31. The first-order valence-corrected chi connectivity index (χ1v) is 6.97. The van der Waals surface area contributed by atoms with Gasteiger partial charge in [0.15, 0.2) is 5.82 Å². The summed E-state index contributed by atoms with van der Waals surface area (Å²) >= 11 is 0. The largest absolute Gasteiger partial charge is 0.392 e. The standard InChI is InChI=1S/C15H19N3O2/c1-11-4-2-3-5-12(11)8-15-16-14(17-20-15)10-18-7-6-13(19)9-18/h2-5,13,19H,6-10H2,1H3. The van der Waals surface area contributed by atoms with Crippen molar-refractivity contribution in [1.29, 1.82) is 0 Å². The average molecular weight is 273 g/mol. The molecule has 5 heteroatoms. The number of aliphatic hydroxyl groups excluding tert-OH is 1. The van der Waals surface area contributed by atoms with E-state index in [1.165, 1.54) is 11.1 Å². The van der Waals surface area contributed by atoms with Gasteiger partial charge in [0.05, 0.1) is 19.1 Å². The molecule has 0 saturated carbocycles. The number of β-amino-alcohol motifs (C(OH)–C–C–N with tert-alkyl or cyclic N) is 1. The summed E-state index contributed by atoms with van der Waals surface area (Å²) in [4.78, 5) is 6.58. The number of hydrogen-bond acceptors (Lipinski definition) is 5. The minimum atomic E-state index is -0.215. The van der Waals surface area contributed by atoms with Crippen LogP contribution in [0.1, 0.15) is 29.3 Å². The highest BCUT2D eigenvalue weighted by Crippen LogP contribution is 2.14. The second kappa shape index (κ2) is 5.73. The second-order valence-corrected chi connectivity index (χ2v) is 5.39. The first kappa shape index (κ1) is 13.3. The Morgan fingerprint density at radius 3 is 3.00 bits per heavy atom. The van der Waals surface area contributed by atoms with Gasteiger partial charge in [-0.3, -0.25) is 4.90 Å². The first-order valence-electron chi connectivity index (χ1n) is 6.97. The minimum Gasteiger partial charge on any atom is -0.392 e. The van der Waals surface area contributed by atoms with E-state index in [1.54, 1.807) is 0 Å². The van der Waals surface area contributed by atoms with Crippen LogP contribution in [0.25, 0.3) is 0 Å². The van der Waals surface area contributed by atoms with Gasteiger partial charge in [-0.15, -0.1) is 0 Å². The van der Waals surface area contributed by atoms with E-state index in [2.05, 4.69) is 34.1 Å². The SMILES string of the molecule is Cc1ccccc1Cc1nc(CN2CCC(O)C2)no1. The highest BCUT2D eigenvalue weighted by Gasteiger charge is 2.21. The molecule has 0 aliphatic carbocycles. The molecule has 1 aromatic heterocycles. The fraction of sp³-hybridized carbons (Fsp3) is 0.467. The van der Waals surface area contributed by atoms with E-state index in [1.807, 2.05) is 12.1 Å². The third kappa shape index (κ3) is 3.05. The summed E-state index contributed by atoms with van der Waals surface area (Å²) in [6, 6.07) is 8.20. The molecule has 1 fully saturated rings. The number of hydrogen-bond donors (Lipinski definition) is 1. The van der Waals surface area contributed by atoms with Gasteiger partial charge in [0.25, 0.3) is 0 Å². The summed E-state index contributed by atoms with van der Waals surface area (Å²) in [6.07, 6.45) is 1.28. The molecule has 5 nitrogen and oxygen atoms in total. The van der Waals surface area contributed by atoms with Crippen molar-refractivity contribution in [3.63, 3.8) is 0 Å². The van der Waals surface area contributed by atoms with Gasteiger partial charge in [0.1, 0.15) is 0 Å². The molecule has 106 valence electrons. The summed E-state index contributed by atoms with van der Waals surface area (Å²) in [5, 5.41) is 13.5. The maximum Gasteiger partial charge on any atom is 0.231 e. The summed E-state index contributed by atoms with van der Waals surface area (Å²) in [5.74, 6) is 1.34. The van der Waals surface area contributed by atoms with Crippen LogP contribution in [-0.4, -0.2) is 39.3 Å². The molecule has 1 atom stereocenters. The van der Waals surface area contributed by atoms with Gasteiger partial charge in [-0.2, -0.15) is 4.98 Å². The number of benzene rings is 1. The van der Waals surface area contributed by atoms with Crippen LogP contribution in [0.3, 0.4) is 0 Å². The van der Waals surface area contributed by atoms with Crippen molar-refractivity contribution in [2.45, 2.75) is 32.4 Å². The lowest BCUT2D eigenvalue weighted by Gasteiger charge is -2.10. The van der Waals surface area contributed by atoms with Crippen molar-refractivity contribution in [1.82, 2.24) is 15.0 Å². The Labute approximate surface area is 118 Å². The van der Waals surface area contributed by atoms with Crippen LogP contribution < -0.4 is 0 Å². The van der Waals surface area contributed by atoms with Gasteiger partial charge in [0, 0.05) is 13.1 Å². The van der Waals surface area contributed by atoms with Gasteiger partial charge in [-0.05, 0) is 24.5 Å². The van der Waals surface area contributed by atoms with Crippen molar-refractivity contribution < 1.29 is 9.63 Å². The molecular formula is C15H19N3O2. The number of nitrogens with zero attached hydrogens (tertiary/aromatic N) is 3. The molecule has 3 rings (SSSR count). The fourth-order valence-electron chi connectivity index (χ4n) is 2.55. The Kier molecular flexibility index (Phi) is 3.80. The third-order valence-electron chi connectivity index (χ3n) is 3.73. The maximum atomic E-state index is 9.50. The summed E-state index contributed by atoms with van der Waals surface area (Å²) in [5.41, 5.74) is 2.44. The van der Waals surface area contributed by atoms with Crippen molar-refractivity contribution in [2.75, 3.05) is 13.1 Å². The maximum absolute atomic E-state index is 9.50. The van der Waals surface area contributed by atoms with Crippen molar-refractivity contribution in [2.24, 2.45) is 0 Å². The van der Waals surface area contributed by atoms with Crippen molar-refractivity contribution >= 4 is 0 Å². The number of aryl methyl sites for hydroxylation is 1. The molecule has 1 saturated heterocycles. The number of rotatable bonds is 4. The van der Waals surface area contributed by atoms with E-state index in [4.69, 9.17) is 4.52 Å². The highest BCUT2D eigenvalue weighted by atomic mass is 16.5. The lowest BCUT2D eigenvalue weighted by atomic mass is 10.1. The van der Waals surface area contributed by atoms with E-state index < -0.39 is 0 Å². The van der Waals surface area contributed by atoms with Crippen LogP contribution in [0.2, 0.25) is 0 Å². The molecule has 1 N–H and O–H groups in total. The molecular weight excluding hydrogens is 254 g/mol. The van der Waals surface area contributed by atoms with Crippen LogP contribution in [0.4, 0.5) is 0 Å². The zero-order chi connectivity index (χ0) is 13.9. The Morgan fingerprint density at radius 2 is 2.25 bits per heavy atom. The molecule has 1 unspecified atom stereocenters. The van der Waals surface area contributed by atoms with Crippen LogP contribution in [0.5, 0.6) is 0 Å². The molecule has 1 aliphatic rings. The summed E-state index contributed by atoms with van der Waals surface area (Å²) in [7, 11) is 0. The van der Waals surface area contributed by atoms with E-state index in [0.29, 0.717) is 31.2 Å². The van der Waals surface area contributed by atoms with Crippen LogP contribution in [-0.2, 0) is 13.0 Å². The average Bonchev–Trinajstić information content (AvgIpc) is 3.02. The molecule has 0 amide bonds. The van der Waals surface area contributed by atoms with Crippen molar-refractivity contribution in [3.8, 4) is 0 Å². The highest BCUT2D eigenvalue weighted by molar-refractivity contribution is 5.27. The molecule has 2 heterocycles. The Hall–Kier alpha value is -1.72. The van der Waals surface area contributed by atoms with Crippen LogP contribution in [0, 0.1) is 6.92 Å². The van der Waals surface area contributed by atoms with Gasteiger partial charge in [0.2, 0.25) is 5.89 Å². The Balaban J connectivity index is 1.63. The van der Waals surface area contributed by atoms with Crippen molar-refractivity contribution in [3.05, 3.63) is 47.1 Å². The van der Waals surface area contributed by atoms with E-state index in [-0.39, 0.29) is 6.10 Å². The second-order valence-electron chi connectivity index (χ2n) is 5.39. The Bertz CT molecular complexity index is 582. The van der Waals surface area contributed by atoms with E-state index in [9.17, 15) is 5.11 Å². The van der Waals surface area contributed by atoms with E-state index >= 15 is 0 Å².